The molecular formula is C11H21NO4. The van der Waals surface area contributed by atoms with Crippen molar-refractivity contribution < 1.29 is 19.2 Å². The number of amides is 1. The van der Waals surface area contributed by atoms with Crippen LogP contribution >= 0.6 is 0 Å². The SMILES string of the molecule is CCONC(=O)CCCCCCC(=O)OC. The lowest BCUT2D eigenvalue weighted by molar-refractivity contribution is -0.140. The predicted molar refractivity (Wildman–Crippen MR) is 59.5 cm³/mol. The van der Waals surface area contributed by atoms with Crippen LogP contribution in [0.4, 0.5) is 0 Å². The summed E-state index contributed by atoms with van der Waals surface area (Å²) in [5.74, 6) is -0.260. The molecule has 0 rings (SSSR count). The van der Waals surface area contributed by atoms with Gasteiger partial charge in [-0.05, 0) is 19.8 Å². The highest BCUT2D eigenvalue weighted by Crippen LogP contribution is 2.05. The maximum Gasteiger partial charge on any atom is 0.305 e. The zero-order chi connectivity index (χ0) is 12.2. The van der Waals surface area contributed by atoms with E-state index in [0.29, 0.717) is 19.4 Å². The Morgan fingerprint density at radius 1 is 1.06 bits per heavy atom. The Kier molecular flexibility index (Phi) is 9.70. The maximum absolute atomic E-state index is 11.1. The Hall–Kier alpha value is -1.10. The molecule has 0 aliphatic carbocycles. The fraction of sp³-hybridized carbons (Fsp3) is 0.818. The van der Waals surface area contributed by atoms with Crippen molar-refractivity contribution in [2.45, 2.75) is 45.4 Å². The molecule has 0 aliphatic rings. The second-order valence-corrected chi connectivity index (χ2v) is 3.45. The zero-order valence-corrected chi connectivity index (χ0v) is 10.1. The molecule has 0 aromatic carbocycles. The zero-order valence-electron chi connectivity index (χ0n) is 10.1. The van der Waals surface area contributed by atoms with E-state index < -0.39 is 0 Å². The smallest absolute Gasteiger partial charge is 0.305 e. The van der Waals surface area contributed by atoms with E-state index in [1.807, 2.05) is 6.92 Å². The number of hydrogen-bond donors (Lipinski definition) is 1. The van der Waals surface area contributed by atoms with E-state index in [0.717, 1.165) is 25.7 Å². The van der Waals surface area contributed by atoms with Gasteiger partial charge < -0.3 is 4.74 Å². The average molecular weight is 231 g/mol. The van der Waals surface area contributed by atoms with E-state index in [4.69, 9.17) is 4.84 Å². The Morgan fingerprint density at radius 3 is 2.25 bits per heavy atom. The second kappa shape index (κ2) is 10.4. The van der Waals surface area contributed by atoms with Crippen molar-refractivity contribution in [3.8, 4) is 0 Å². The highest BCUT2D eigenvalue weighted by molar-refractivity contribution is 5.74. The van der Waals surface area contributed by atoms with Crippen molar-refractivity contribution in [2.75, 3.05) is 13.7 Å². The van der Waals surface area contributed by atoms with Gasteiger partial charge in [0, 0.05) is 12.8 Å². The monoisotopic (exact) mass is 231 g/mol. The Labute approximate surface area is 96.4 Å². The predicted octanol–water partition coefficient (Wildman–Crippen LogP) is 1.57. The third kappa shape index (κ3) is 9.45. The fourth-order valence-corrected chi connectivity index (χ4v) is 1.21. The molecule has 16 heavy (non-hydrogen) atoms. The average Bonchev–Trinajstić information content (AvgIpc) is 2.30. The molecule has 0 heterocycles. The Morgan fingerprint density at radius 2 is 1.69 bits per heavy atom. The molecule has 94 valence electrons. The molecule has 0 saturated heterocycles. The summed E-state index contributed by atoms with van der Waals surface area (Å²) in [4.78, 5) is 26.6. The standard InChI is InChI=1S/C11H21NO4/c1-3-16-12-10(13)8-6-4-5-7-9-11(14)15-2/h3-9H2,1-2H3,(H,12,13). The van der Waals surface area contributed by atoms with Crippen LogP contribution in [0.1, 0.15) is 45.4 Å². The number of ether oxygens (including phenoxy) is 1. The van der Waals surface area contributed by atoms with Gasteiger partial charge in [0.05, 0.1) is 13.7 Å². The van der Waals surface area contributed by atoms with E-state index in [2.05, 4.69) is 10.2 Å². The van der Waals surface area contributed by atoms with Crippen LogP contribution in [0, 0.1) is 0 Å². The largest absolute Gasteiger partial charge is 0.469 e. The van der Waals surface area contributed by atoms with E-state index in [-0.39, 0.29) is 11.9 Å². The minimum absolute atomic E-state index is 0.0881. The number of hydrogen-bond acceptors (Lipinski definition) is 4. The lowest BCUT2D eigenvalue weighted by atomic mass is 10.1. The number of carbonyl (C=O) groups is 2. The third-order valence-corrected chi connectivity index (χ3v) is 2.09. The number of hydroxylamine groups is 1. The van der Waals surface area contributed by atoms with Gasteiger partial charge in [0.2, 0.25) is 5.91 Å². The number of methoxy groups -OCH3 is 1. The van der Waals surface area contributed by atoms with Gasteiger partial charge in [0.15, 0.2) is 0 Å². The molecule has 1 amide bonds. The van der Waals surface area contributed by atoms with Crippen LogP contribution in [-0.2, 0) is 19.2 Å². The van der Waals surface area contributed by atoms with Crippen LogP contribution in [0.2, 0.25) is 0 Å². The third-order valence-electron chi connectivity index (χ3n) is 2.09. The molecule has 0 spiro atoms. The minimum atomic E-state index is -0.172. The van der Waals surface area contributed by atoms with Gasteiger partial charge in [-0.15, -0.1) is 0 Å². The van der Waals surface area contributed by atoms with Gasteiger partial charge in [0.25, 0.3) is 0 Å². The Bertz CT molecular complexity index is 206. The van der Waals surface area contributed by atoms with E-state index in [9.17, 15) is 9.59 Å². The fourth-order valence-electron chi connectivity index (χ4n) is 1.21. The Balaban J connectivity index is 3.20. The van der Waals surface area contributed by atoms with Crippen LogP contribution in [0.15, 0.2) is 0 Å². The summed E-state index contributed by atoms with van der Waals surface area (Å²) in [6.45, 7) is 2.29. The summed E-state index contributed by atoms with van der Waals surface area (Å²) in [6.07, 6.45) is 4.45. The molecule has 0 radical (unpaired) electrons. The quantitative estimate of drug-likeness (QED) is 0.371. The van der Waals surface area contributed by atoms with Gasteiger partial charge >= 0.3 is 5.97 Å². The summed E-state index contributed by atoms with van der Waals surface area (Å²) in [7, 11) is 1.39. The molecule has 5 nitrogen and oxygen atoms in total. The molecule has 0 unspecified atom stereocenters. The van der Waals surface area contributed by atoms with Gasteiger partial charge in [-0.25, -0.2) is 5.48 Å². The number of nitrogens with one attached hydrogen (secondary N) is 1. The normalized spacial score (nSPS) is 9.88. The van der Waals surface area contributed by atoms with Crippen LogP contribution in [0.5, 0.6) is 0 Å². The summed E-state index contributed by atoms with van der Waals surface area (Å²) in [5, 5.41) is 0. The van der Waals surface area contributed by atoms with Crippen LogP contribution in [0.3, 0.4) is 0 Å². The molecule has 0 atom stereocenters. The van der Waals surface area contributed by atoms with Gasteiger partial charge in [-0.1, -0.05) is 12.8 Å². The second-order valence-electron chi connectivity index (χ2n) is 3.45. The first-order valence-corrected chi connectivity index (χ1v) is 5.68. The molecule has 1 N–H and O–H groups in total. The number of carbonyl (C=O) groups excluding carboxylic acids is 2. The van der Waals surface area contributed by atoms with Gasteiger partial charge in [0.1, 0.15) is 0 Å². The van der Waals surface area contributed by atoms with E-state index in [1.165, 1.54) is 7.11 Å². The highest BCUT2D eigenvalue weighted by atomic mass is 16.6. The van der Waals surface area contributed by atoms with Crippen molar-refractivity contribution in [2.24, 2.45) is 0 Å². The lowest BCUT2D eigenvalue weighted by Crippen LogP contribution is -2.23. The van der Waals surface area contributed by atoms with Crippen molar-refractivity contribution in [1.29, 1.82) is 0 Å². The van der Waals surface area contributed by atoms with Crippen molar-refractivity contribution in [1.82, 2.24) is 5.48 Å². The molecule has 5 heteroatoms. The first-order valence-electron chi connectivity index (χ1n) is 5.68. The molecule has 0 bridgehead atoms. The summed E-state index contributed by atoms with van der Waals surface area (Å²) < 4.78 is 4.52. The lowest BCUT2D eigenvalue weighted by Gasteiger charge is -2.03. The van der Waals surface area contributed by atoms with Crippen LogP contribution in [-0.4, -0.2) is 25.6 Å². The molecule has 0 aromatic heterocycles. The van der Waals surface area contributed by atoms with Gasteiger partial charge in [-0.3, -0.25) is 14.4 Å². The van der Waals surface area contributed by atoms with Crippen molar-refractivity contribution >= 4 is 11.9 Å². The van der Waals surface area contributed by atoms with Crippen molar-refractivity contribution in [3.05, 3.63) is 0 Å². The number of esters is 1. The topological polar surface area (TPSA) is 64.6 Å². The summed E-state index contributed by atoms with van der Waals surface area (Å²) >= 11 is 0. The van der Waals surface area contributed by atoms with E-state index >= 15 is 0 Å². The first-order chi connectivity index (χ1) is 7.70. The first kappa shape index (κ1) is 14.9. The molecular weight excluding hydrogens is 210 g/mol. The van der Waals surface area contributed by atoms with Crippen LogP contribution < -0.4 is 5.48 Å². The molecule has 0 aromatic rings. The number of unbranched alkanes of at least 4 members (excludes halogenated alkanes) is 3. The van der Waals surface area contributed by atoms with Gasteiger partial charge in [-0.2, -0.15) is 0 Å². The molecule has 0 aliphatic heterocycles. The molecule has 0 saturated carbocycles. The highest BCUT2D eigenvalue weighted by Gasteiger charge is 2.01. The van der Waals surface area contributed by atoms with Crippen molar-refractivity contribution in [3.63, 3.8) is 0 Å². The summed E-state index contributed by atoms with van der Waals surface area (Å²) in [5.41, 5.74) is 2.34. The minimum Gasteiger partial charge on any atom is -0.469 e. The van der Waals surface area contributed by atoms with Crippen LogP contribution in [0.25, 0.3) is 0 Å². The number of rotatable bonds is 9. The maximum atomic E-state index is 11.1. The van der Waals surface area contributed by atoms with E-state index in [1.54, 1.807) is 0 Å². The molecule has 0 fully saturated rings. The summed E-state index contributed by atoms with van der Waals surface area (Å²) in [6, 6.07) is 0.